The van der Waals surface area contributed by atoms with Crippen molar-refractivity contribution in [1.82, 2.24) is 5.32 Å². The Hall–Kier alpha value is -0.840. The van der Waals surface area contributed by atoms with E-state index in [-0.39, 0.29) is 5.91 Å². The summed E-state index contributed by atoms with van der Waals surface area (Å²) in [5.74, 6) is 0.589. The molecule has 1 aromatic rings. The number of benzene rings is 1. The second-order valence-corrected chi connectivity index (χ2v) is 7.95. The van der Waals surface area contributed by atoms with Crippen LogP contribution >= 0.6 is 34.8 Å². The van der Waals surface area contributed by atoms with Crippen LogP contribution in [0.3, 0.4) is 0 Å². The van der Waals surface area contributed by atoms with E-state index in [1.165, 1.54) is 12.8 Å². The zero-order chi connectivity index (χ0) is 18.0. The third-order valence-electron chi connectivity index (χ3n) is 3.54. The molecular formula is C17H25Cl3N2O2. The fourth-order valence-corrected chi connectivity index (χ4v) is 2.50. The van der Waals surface area contributed by atoms with E-state index in [1.54, 1.807) is 31.4 Å². The maximum atomic E-state index is 12.1. The second kappa shape index (κ2) is 10.9. The first-order valence-electron chi connectivity index (χ1n) is 8.13. The number of unbranched alkanes of at least 4 members (excludes halogenated alkanes) is 4. The number of hydrogen-bond acceptors (Lipinski definition) is 3. The summed E-state index contributed by atoms with van der Waals surface area (Å²) in [6.07, 6.45) is 4.98. The van der Waals surface area contributed by atoms with Crippen LogP contribution in [0.15, 0.2) is 24.3 Å². The van der Waals surface area contributed by atoms with Gasteiger partial charge >= 0.3 is 0 Å². The number of amides is 1. The third kappa shape index (κ3) is 8.32. The van der Waals surface area contributed by atoms with Crippen molar-refractivity contribution in [1.29, 1.82) is 0 Å². The first-order chi connectivity index (χ1) is 11.4. The van der Waals surface area contributed by atoms with Crippen molar-refractivity contribution in [3.05, 3.63) is 24.3 Å². The minimum Gasteiger partial charge on any atom is -0.497 e. The molecule has 24 heavy (non-hydrogen) atoms. The van der Waals surface area contributed by atoms with Gasteiger partial charge in [0.05, 0.1) is 7.11 Å². The van der Waals surface area contributed by atoms with Gasteiger partial charge in [-0.3, -0.25) is 4.79 Å². The highest BCUT2D eigenvalue weighted by atomic mass is 35.6. The Balaban J connectivity index is 2.54. The molecule has 4 nitrogen and oxygen atoms in total. The number of rotatable bonds is 10. The summed E-state index contributed by atoms with van der Waals surface area (Å²) < 4.78 is 3.43. The molecule has 1 atom stereocenters. The Bertz CT molecular complexity index is 490. The monoisotopic (exact) mass is 394 g/mol. The molecule has 1 amide bonds. The minimum absolute atomic E-state index is 0.135. The van der Waals surface area contributed by atoms with E-state index in [0.717, 1.165) is 30.7 Å². The van der Waals surface area contributed by atoms with E-state index < -0.39 is 9.96 Å². The number of ether oxygens (including phenoxy) is 1. The fourth-order valence-electron chi connectivity index (χ4n) is 2.18. The summed E-state index contributed by atoms with van der Waals surface area (Å²) in [7, 11) is 1.59. The van der Waals surface area contributed by atoms with Crippen molar-refractivity contribution in [2.24, 2.45) is 0 Å². The lowest BCUT2D eigenvalue weighted by atomic mass is 10.1. The molecule has 0 fully saturated rings. The molecular weight excluding hydrogens is 371 g/mol. The van der Waals surface area contributed by atoms with Crippen LogP contribution in [0.4, 0.5) is 5.69 Å². The van der Waals surface area contributed by atoms with E-state index in [4.69, 9.17) is 39.5 Å². The molecule has 136 valence electrons. The van der Waals surface area contributed by atoms with Crippen molar-refractivity contribution in [3.63, 3.8) is 0 Å². The van der Waals surface area contributed by atoms with Crippen LogP contribution in [0.5, 0.6) is 5.75 Å². The average Bonchev–Trinajstić information content (AvgIpc) is 2.54. The number of methoxy groups -OCH3 is 1. The highest BCUT2D eigenvalue weighted by Gasteiger charge is 2.33. The van der Waals surface area contributed by atoms with Crippen LogP contribution in [0.1, 0.15) is 45.4 Å². The third-order valence-corrected chi connectivity index (χ3v) is 4.20. The molecule has 1 aromatic carbocycles. The van der Waals surface area contributed by atoms with Crippen molar-refractivity contribution in [3.8, 4) is 5.75 Å². The molecule has 0 aliphatic carbocycles. The lowest BCUT2D eigenvalue weighted by Crippen LogP contribution is -2.49. The number of carbonyl (C=O) groups is 1. The summed E-state index contributed by atoms with van der Waals surface area (Å²) >= 11 is 17.9. The first kappa shape index (κ1) is 21.2. The molecule has 0 spiro atoms. The zero-order valence-electron chi connectivity index (χ0n) is 14.1. The van der Waals surface area contributed by atoms with Crippen molar-refractivity contribution >= 4 is 46.4 Å². The number of nitrogens with one attached hydrogen (secondary N) is 2. The molecule has 0 saturated heterocycles. The maximum Gasteiger partial charge on any atom is 0.228 e. The summed E-state index contributed by atoms with van der Waals surface area (Å²) in [5.41, 5.74) is 0.718. The first-order valence-corrected chi connectivity index (χ1v) is 9.27. The molecule has 0 saturated carbocycles. The molecule has 1 rings (SSSR count). The summed E-state index contributed by atoms with van der Waals surface area (Å²) in [6, 6.07) is 7.15. The molecule has 2 N–H and O–H groups in total. The predicted octanol–water partition coefficient (Wildman–Crippen LogP) is 5.28. The standard InChI is InChI=1S/C17H25Cl3N2O2/c1-3-4-5-6-7-8-15(23)22-16(17(18,19)20)21-13-9-11-14(24-2)12-10-13/h9-12,16,21H,3-8H2,1-2H3,(H,22,23)/t16-/m0/s1. The van der Waals surface area contributed by atoms with E-state index >= 15 is 0 Å². The number of carbonyl (C=O) groups excluding carboxylic acids is 1. The Morgan fingerprint density at radius 3 is 2.29 bits per heavy atom. The van der Waals surface area contributed by atoms with E-state index in [2.05, 4.69) is 17.6 Å². The van der Waals surface area contributed by atoms with Crippen LogP contribution in [0, 0.1) is 0 Å². The molecule has 0 radical (unpaired) electrons. The van der Waals surface area contributed by atoms with Crippen LogP contribution in [-0.2, 0) is 4.79 Å². The minimum atomic E-state index is -1.67. The summed E-state index contributed by atoms with van der Waals surface area (Å²) in [6.45, 7) is 2.16. The van der Waals surface area contributed by atoms with Crippen molar-refractivity contribution in [2.75, 3.05) is 12.4 Å². The predicted molar refractivity (Wildman–Crippen MR) is 102 cm³/mol. The van der Waals surface area contributed by atoms with Crippen LogP contribution in [0.25, 0.3) is 0 Å². The van der Waals surface area contributed by atoms with E-state index in [1.807, 2.05) is 0 Å². The Morgan fingerprint density at radius 2 is 1.75 bits per heavy atom. The molecule has 0 bridgehead atoms. The largest absolute Gasteiger partial charge is 0.497 e. The van der Waals surface area contributed by atoms with Gasteiger partial charge in [0.2, 0.25) is 9.70 Å². The van der Waals surface area contributed by atoms with Gasteiger partial charge in [0, 0.05) is 12.1 Å². The summed E-state index contributed by atoms with van der Waals surface area (Å²) in [4.78, 5) is 12.1. The SMILES string of the molecule is CCCCCCCC(=O)N[C@H](Nc1ccc(OC)cc1)C(Cl)(Cl)Cl. The smallest absolute Gasteiger partial charge is 0.228 e. The van der Waals surface area contributed by atoms with Crippen LogP contribution < -0.4 is 15.4 Å². The molecule has 0 aliphatic rings. The van der Waals surface area contributed by atoms with Gasteiger partial charge in [0.25, 0.3) is 0 Å². The average molecular weight is 396 g/mol. The quantitative estimate of drug-likeness (QED) is 0.322. The van der Waals surface area contributed by atoms with Crippen molar-refractivity contribution < 1.29 is 9.53 Å². The van der Waals surface area contributed by atoms with E-state index in [9.17, 15) is 4.79 Å². The van der Waals surface area contributed by atoms with Gasteiger partial charge in [-0.15, -0.1) is 0 Å². The molecule has 0 unspecified atom stereocenters. The van der Waals surface area contributed by atoms with Gasteiger partial charge in [-0.05, 0) is 30.7 Å². The van der Waals surface area contributed by atoms with Gasteiger partial charge in [0.15, 0.2) is 0 Å². The highest BCUT2D eigenvalue weighted by Crippen LogP contribution is 2.31. The molecule has 0 aliphatic heterocycles. The van der Waals surface area contributed by atoms with E-state index in [0.29, 0.717) is 6.42 Å². The van der Waals surface area contributed by atoms with Gasteiger partial charge < -0.3 is 15.4 Å². The van der Waals surface area contributed by atoms with Gasteiger partial charge in [-0.25, -0.2) is 0 Å². The Kier molecular flexibility index (Phi) is 9.64. The van der Waals surface area contributed by atoms with Gasteiger partial charge in [-0.2, -0.15) is 0 Å². The van der Waals surface area contributed by atoms with Crippen molar-refractivity contribution in [2.45, 2.75) is 55.4 Å². The topological polar surface area (TPSA) is 50.4 Å². The number of alkyl halides is 3. The normalized spacial score (nSPS) is 12.5. The van der Waals surface area contributed by atoms with Crippen LogP contribution in [0.2, 0.25) is 0 Å². The maximum absolute atomic E-state index is 12.1. The van der Waals surface area contributed by atoms with Gasteiger partial charge in [-0.1, -0.05) is 67.4 Å². The number of hydrogen-bond donors (Lipinski definition) is 2. The second-order valence-electron chi connectivity index (χ2n) is 5.58. The lowest BCUT2D eigenvalue weighted by molar-refractivity contribution is -0.121. The molecule has 0 heterocycles. The molecule has 0 aromatic heterocycles. The number of halogens is 3. The summed E-state index contributed by atoms with van der Waals surface area (Å²) in [5, 5.41) is 5.78. The van der Waals surface area contributed by atoms with Gasteiger partial charge in [0.1, 0.15) is 11.9 Å². The zero-order valence-corrected chi connectivity index (χ0v) is 16.3. The van der Waals surface area contributed by atoms with Crippen LogP contribution in [-0.4, -0.2) is 23.0 Å². The fraction of sp³-hybridized carbons (Fsp3) is 0.588. The Morgan fingerprint density at radius 1 is 1.12 bits per heavy atom. The lowest BCUT2D eigenvalue weighted by Gasteiger charge is -2.27. The Labute approximate surface area is 159 Å². The number of anilines is 1. The molecule has 7 heteroatoms. The highest BCUT2D eigenvalue weighted by molar-refractivity contribution is 6.68.